The molecule has 0 aliphatic rings. The minimum Gasteiger partial charge on any atom is -0.493 e. The Balaban J connectivity index is 2.10. The van der Waals surface area contributed by atoms with E-state index in [1.54, 1.807) is 24.3 Å². The van der Waals surface area contributed by atoms with Crippen LogP contribution in [0, 0.1) is 0 Å². The van der Waals surface area contributed by atoms with Gasteiger partial charge in [0.2, 0.25) is 11.7 Å². The summed E-state index contributed by atoms with van der Waals surface area (Å²) in [7, 11) is 6.30. The van der Waals surface area contributed by atoms with E-state index >= 15 is 0 Å². The van der Waals surface area contributed by atoms with Crippen LogP contribution in [0.25, 0.3) is 17.0 Å². The maximum atomic E-state index is 13.7. The number of rotatable bonds is 11. The van der Waals surface area contributed by atoms with Crippen LogP contribution in [-0.4, -0.2) is 66.3 Å². The number of amides is 1. The number of hydrogen-bond donors (Lipinski definition) is 3. The fourth-order valence-electron chi connectivity index (χ4n) is 3.72. The first kappa shape index (κ1) is 27.1. The highest BCUT2D eigenvalue weighted by atomic mass is 32.2. The third-order valence-corrected chi connectivity index (χ3v) is 6.59. The second kappa shape index (κ2) is 12.0. The van der Waals surface area contributed by atoms with Crippen LogP contribution in [0.5, 0.6) is 17.2 Å². The zero-order valence-corrected chi connectivity index (χ0v) is 21.6. The number of carbonyl (C=O) groups is 2. The lowest BCUT2D eigenvalue weighted by atomic mass is 10.1. The number of methoxy groups -OCH3 is 3. The summed E-state index contributed by atoms with van der Waals surface area (Å²) in [4.78, 5) is 25.5. The fourth-order valence-corrected chi connectivity index (χ4v) is 4.66. The van der Waals surface area contributed by atoms with Gasteiger partial charge in [-0.05, 0) is 30.3 Å². The lowest BCUT2D eigenvalue weighted by Crippen LogP contribution is -2.16. The number of aromatic nitrogens is 1. The SMILES string of the molecule is COc1cc(C(=O)C(=Cc2cn(C)c3cc(NC(C)=O)ccc23)SCC(O)CO)cc(OC)c1OC. The van der Waals surface area contributed by atoms with Crippen LogP contribution in [0.3, 0.4) is 0 Å². The Hall–Kier alpha value is -3.47. The number of aliphatic hydroxyl groups excluding tert-OH is 2. The first-order valence-corrected chi connectivity index (χ1v) is 12.1. The molecule has 0 saturated carbocycles. The molecule has 0 bridgehead atoms. The predicted molar refractivity (Wildman–Crippen MR) is 141 cm³/mol. The monoisotopic (exact) mass is 514 g/mol. The number of hydrogen-bond acceptors (Lipinski definition) is 8. The van der Waals surface area contributed by atoms with Gasteiger partial charge in [-0.15, -0.1) is 11.8 Å². The summed E-state index contributed by atoms with van der Waals surface area (Å²) < 4.78 is 18.0. The number of benzene rings is 2. The number of allylic oxidation sites excluding steroid dienone is 1. The molecule has 0 radical (unpaired) electrons. The molecule has 1 atom stereocenters. The van der Waals surface area contributed by atoms with Crippen molar-refractivity contribution in [2.45, 2.75) is 13.0 Å². The van der Waals surface area contributed by atoms with Crippen LogP contribution < -0.4 is 19.5 Å². The smallest absolute Gasteiger partial charge is 0.221 e. The maximum Gasteiger partial charge on any atom is 0.221 e. The molecule has 1 heterocycles. The number of Topliss-reactive ketones (excluding diaryl/α,β-unsaturated/α-hetero) is 1. The second-order valence-electron chi connectivity index (χ2n) is 8.01. The molecule has 1 unspecified atom stereocenters. The Kier molecular flexibility index (Phi) is 9.03. The van der Waals surface area contributed by atoms with Crippen LogP contribution in [0.15, 0.2) is 41.4 Å². The Morgan fingerprint density at radius 1 is 1.11 bits per heavy atom. The molecule has 1 amide bonds. The summed E-state index contributed by atoms with van der Waals surface area (Å²) >= 11 is 1.14. The third-order valence-electron chi connectivity index (χ3n) is 5.42. The Bertz CT molecular complexity index is 1270. The Labute approximate surface area is 213 Å². The molecule has 0 saturated heterocycles. The first-order chi connectivity index (χ1) is 17.2. The highest BCUT2D eigenvalue weighted by Gasteiger charge is 2.21. The molecule has 0 aliphatic carbocycles. The van der Waals surface area contributed by atoms with Crippen LogP contribution in [-0.2, 0) is 11.8 Å². The minimum atomic E-state index is -0.987. The minimum absolute atomic E-state index is 0.121. The zero-order chi connectivity index (χ0) is 26.4. The van der Waals surface area contributed by atoms with Crippen LogP contribution >= 0.6 is 11.8 Å². The molecule has 0 aliphatic heterocycles. The van der Waals surface area contributed by atoms with Crippen molar-refractivity contribution in [3.05, 3.63) is 52.6 Å². The summed E-state index contributed by atoms with van der Waals surface area (Å²) in [5.41, 5.74) is 2.63. The van der Waals surface area contributed by atoms with E-state index in [4.69, 9.17) is 14.2 Å². The van der Waals surface area contributed by atoms with E-state index in [1.165, 1.54) is 28.3 Å². The van der Waals surface area contributed by atoms with Crippen LogP contribution in [0.1, 0.15) is 22.8 Å². The average molecular weight is 515 g/mol. The van der Waals surface area contributed by atoms with Crippen molar-refractivity contribution in [1.29, 1.82) is 0 Å². The number of aliphatic hydroxyl groups is 2. The lowest BCUT2D eigenvalue weighted by molar-refractivity contribution is -0.114. The van der Waals surface area contributed by atoms with Crippen LogP contribution in [0.2, 0.25) is 0 Å². The number of ketones is 1. The molecule has 3 aromatic rings. The first-order valence-electron chi connectivity index (χ1n) is 11.1. The number of nitrogens with one attached hydrogen (secondary N) is 1. The molecular weight excluding hydrogens is 484 g/mol. The van der Waals surface area contributed by atoms with Crippen molar-refractivity contribution in [3.63, 3.8) is 0 Å². The number of thioether (sulfide) groups is 1. The topological polar surface area (TPSA) is 119 Å². The van der Waals surface area contributed by atoms with E-state index in [-0.39, 0.29) is 17.4 Å². The molecule has 2 aromatic carbocycles. The standard InChI is InChI=1S/C26H30N2O7S/c1-15(30)27-18-6-7-20-17(12-28(2)21(20)11-18)10-24(36-14-19(31)13-29)25(32)16-8-22(33-3)26(35-5)23(9-16)34-4/h6-12,19,29,31H,13-14H2,1-5H3,(H,27,30). The maximum absolute atomic E-state index is 13.7. The van der Waals surface area contributed by atoms with E-state index in [2.05, 4.69) is 5.32 Å². The zero-order valence-electron chi connectivity index (χ0n) is 20.8. The van der Waals surface area contributed by atoms with Gasteiger partial charge in [-0.25, -0.2) is 0 Å². The summed E-state index contributed by atoms with van der Waals surface area (Å²) in [6.07, 6.45) is 2.65. The van der Waals surface area contributed by atoms with Gasteiger partial charge in [0.15, 0.2) is 17.3 Å². The predicted octanol–water partition coefficient (Wildman–Crippen LogP) is 3.47. The lowest BCUT2D eigenvalue weighted by Gasteiger charge is -2.15. The highest BCUT2D eigenvalue weighted by Crippen LogP contribution is 2.40. The molecule has 10 heteroatoms. The molecule has 1 aromatic heterocycles. The molecule has 3 rings (SSSR count). The van der Waals surface area contributed by atoms with E-state index in [0.29, 0.717) is 33.4 Å². The second-order valence-corrected chi connectivity index (χ2v) is 9.07. The fraction of sp³-hybridized carbons (Fsp3) is 0.308. The molecule has 3 N–H and O–H groups in total. The molecular formula is C26H30N2O7S. The quantitative estimate of drug-likeness (QED) is 0.263. The van der Waals surface area contributed by atoms with E-state index in [1.807, 2.05) is 29.9 Å². The molecule has 0 spiro atoms. The normalized spacial score (nSPS) is 12.4. The van der Waals surface area contributed by atoms with Crippen molar-refractivity contribution in [1.82, 2.24) is 4.57 Å². The van der Waals surface area contributed by atoms with Crippen molar-refractivity contribution >= 4 is 46.1 Å². The van der Waals surface area contributed by atoms with Gasteiger partial charge < -0.3 is 34.3 Å². The number of anilines is 1. The Morgan fingerprint density at radius 3 is 2.33 bits per heavy atom. The summed E-state index contributed by atoms with van der Waals surface area (Å²) in [6, 6.07) is 8.68. The summed E-state index contributed by atoms with van der Waals surface area (Å²) in [6.45, 7) is 1.03. The van der Waals surface area contributed by atoms with E-state index in [9.17, 15) is 19.8 Å². The Morgan fingerprint density at radius 2 is 1.78 bits per heavy atom. The number of ether oxygens (including phenoxy) is 3. The van der Waals surface area contributed by atoms with E-state index < -0.39 is 12.7 Å². The van der Waals surface area contributed by atoms with Crippen molar-refractivity contribution in [2.75, 3.05) is 39.0 Å². The van der Waals surface area contributed by atoms with Gasteiger partial charge >= 0.3 is 0 Å². The summed E-state index contributed by atoms with van der Waals surface area (Å²) in [5.74, 6) is 0.702. The van der Waals surface area contributed by atoms with Gasteiger partial charge in [0.05, 0.1) is 44.5 Å². The van der Waals surface area contributed by atoms with Gasteiger partial charge in [0, 0.05) is 48.1 Å². The average Bonchev–Trinajstić information content (AvgIpc) is 3.18. The number of carbonyl (C=O) groups excluding carboxylic acids is 2. The molecule has 192 valence electrons. The van der Waals surface area contributed by atoms with E-state index in [0.717, 1.165) is 28.2 Å². The highest BCUT2D eigenvalue weighted by molar-refractivity contribution is 8.04. The number of aryl methyl sites for hydroxylation is 1. The van der Waals surface area contributed by atoms with Crippen molar-refractivity contribution in [3.8, 4) is 17.2 Å². The molecule has 36 heavy (non-hydrogen) atoms. The number of fused-ring (bicyclic) bond motifs is 1. The van der Waals surface area contributed by atoms with Gasteiger partial charge in [-0.2, -0.15) is 0 Å². The largest absolute Gasteiger partial charge is 0.493 e. The van der Waals surface area contributed by atoms with Gasteiger partial charge in [-0.1, -0.05) is 6.07 Å². The van der Waals surface area contributed by atoms with Gasteiger partial charge in [0.25, 0.3) is 0 Å². The van der Waals surface area contributed by atoms with Gasteiger partial charge in [0.1, 0.15) is 0 Å². The van der Waals surface area contributed by atoms with Crippen molar-refractivity contribution in [2.24, 2.45) is 7.05 Å². The van der Waals surface area contributed by atoms with Crippen LogP contribution in [0.4, 0.5) is 5.69 Å². The molecule has 0 fully saturated rings. The number of nitrogens with zero attached hydrogens (tertiary/aromatic N) is 1. The molecule has 9 nitrogen and oxygen atoms in total. The van der Waals surface area contributed by atoms with Crippen molar-refractivity contribution < 1.29 is 34.0 Å². The summed E-state index contributed by atoms with van der Waals surface area (Å²) in [5, 5.41) is 22.9. The third kappa shape index (κ3) is 6.01. The van der Waals surface area contributed by atoms with Gasteiger partial charge in [-0.3, -0.25) is 9.59 Å².